The summed E-state index contributed by atoms with van der Waals surface area (Å²) in [6.07, 6.45) is 4.84. The average Bonchev–Trinajstić information content (AvgIpc) is 3.35. The van der Waals surface area contributed by atoms with Gasteiger partial charge >= 0.3 is 0 Å². The molecule has 1 spiro atoms. The summed E-state index contributed by atoms with van der Waals surface area (Å²) in [6.45, 7) is 4.82. The maximum absolute atomic E-state index is 13.3. The topological polar surface area (TPSA) is 75.8 Å². The van der Waals surface area contributed by atoms with Gasteiger partial charge in [0.25, 0.3) is 5.91 Å². The first-order valence-electron chi connectivity index (χ1n) is 10.8. The van der Waals surface area contributed by atoms with Crippen molar-refractivity contribution in [3.8, 4) is 11.1 Å². The molecule has 2 aliphatic rings. The van der Waals surface area contributed by atoms with Crippen molar-refractivity contribution >= 4 is 17.6 Å². The Hall–Kier alpha value is -2.95. The number of hydrogen-bond acceptors (Lipinski definition) is 3. The van der Waals surface area contributed by atoms with Gasteiger partial charge in [-0.15, -0.1) is 0 Å². The largest absolute Gasteiger partial charge is 0.366 e. The van der Waals surface area contributed by atoms with E-state index in [4.69, 9.17) is 10.7 Å². The Morgan fingerprint density at radius 2 is 1.80 bits per heavy atom. The molecule has 0 saturated heterocycles. The molecule has 0 bridgehead atoms. The third-order valence-corrected chi connectivity index (χ3v) is 6.53. The Morgan fingerprint density at radius 1 is 1.13 bits per heavy atom. The molecule has 5 nitrogen and oxygen atoms in total. The molecule has 4 rings (SSSR count). The maximum atomic E-state index is 13.3. The Kier molecular flexibility index (Phi) is 5.46. The summed E-state index contributed by atoms with van der Waals surface area (Å²) < 4.78 is 0. The van der Waals surface area contributed by atoms with Crippen molar-refractivity contribution in [1.29, 1.82) is 0 Å². The highest BCUT2D eigenvalue weighted by Crippen LogP contribution is 2.40. The summed E-state index contributed by atoms with van der Waals surface area (Å²) in [7, 11) is 0. The van der Waals surface area contributed by atoms with E-state index in [1.54, 1.807) is 6.07 Å². The van der Waals surface area contributed by atoms with E-state index in [-0.39, 0.29) is 11.8 Å². The number of primary amides is 1. The molecule has 30 heavy (non-hydrogen) atoms. The monoisotopic (exact) mass is 403 g/mol. The zero-order chi connectivity index (χ0) is 21.3. The number of nitrogens with two attached hydrogens (primary N) is 1. The zero-order valence-corrected chi connectivity index (χ0v) is 17.7. The summed E-state index contributed by atoms with van der Waals surface area (Å²) in [4.78, 5) is 32.0. The fourth-order valence-electron chi connectivity index (χ4n) is 4.60. The molecule has 1 unspecified atom stereocenters. The van der Waals surface area contributed by atoms with Crippen LogP contribution in [0.25, 0.3) is 11.1 Å². The van der Waals surface area contributed by atoms with E-state index < -0.39 is 11.4 Å². The predicted octanol–water partition coefficient (Wildman–Crippen LogP) is 4.55. The molecular formula is C25H29N3O2. The first-order chi connectivity index (χ1) is 14.4. The first kappa shape index (κ1) is 20.3. The van der Waals surface area contributed by atoms with Crippen LogP contribution in [0.3, 0.4) is 0 Å². The Balaban J connectivity index is 1.59. The minimum absolute atomic E-state index is 0.165. The summed E-state index contributed by atoms with van der Waals surface area (Å²) in [5.74, 6) is 0.926. The van der Waals surface area contributed by atoms with Gasteiger partial charge in [0, 0.05) is 11.5 Å². The minimum Gasteiger partial charge on any atom is -0.366 e. The van der Waals surface area contributed by atoms with Crippen LogP contribution in [0.15, 0.2) is 53.5 Å². The Labute approximate surface area is 178 Å². The lowest BCUT2D eigenvalue weighted by molar-refractivity contribution is -0.131. The van der Waals surface area contributed by atoms with Crippen LogP contribution in [0.5, 0.6) is 0 Å². The lowest BCUT2D eigenvalue weighted by Gasteiger charge is -2.24. The molecule has 2 N–H and O–H groups in total. The molecule has 1 fully saturated rings. The minimum atomic E-state index is -0.515. The van der Waals surface area contributed by atoms with E-state index >= 15 is 0 Å². The van der Waals surface area contributed by atoms with Crippen LogP contribution in [0.4, 0.5) is 0 Å². The van der Waals surface area contributed by atoms with Crippen molar-refractivity contribution in [1.82, 2.24) is 4.90 Å². The molecule has 156 valence electrons. The number of rotatable bonds is 6. The van der Waals surface area contributed by atoms with Crippen molar-refractivity contribution in [3.63, 3.8) is 0 Å². The number of carbonyl (C=O) groups is 2. The van der Waals surface area contributed by atoms with Crippen LogP contribution in [-0.4, -0.2) is 28.1 Å². The highest BCUT2D eigenvalue weighted by Gasteiger charge is 2.50. The molecular weight excluding hydrogens is 374 g/mol. The zero-order valence-electron chi connectivity index (χ0n) is 17.7. The van der Waals surface area contributed by atoms with Gasteiger partial charge in [-0.2, -0.15) is 0 Å². The molecule has 5 heteroatoms. The second-order valence-corrected chi connectivity index (χ2v) is 8.52. The standard InChI is InChI=1S/C25H29N3O2/c1-3-17(2)23-27-25(14-6-7-15-25)24(30)28(23)16-18-10-12-19(13-11-18)20-8-4-5-9-21(20)22(26)29/h4-5,8-13,17H,3,6-7,14-16H2,1-2H3,(H2,26,29). The van der Waals surface area contributed by atoms with E-state index in [9.17, 15) is 9.59 Å². The lowest BCUT2D eigenvalue weighted by Crippen LogP contribution is -2.41. The van der Waals surface area contributed by atoms with Gasteiger partial charge in [0.2, 0.25) is 5.91 Å². The van der Waals surface area contributed by atoms with E-state index in [1.807, 2.05) is 47.4 Å². The average molecular weight is 404 g/mol. The number of benzene rings is 2. The summed E-state index contributed by atoms with van der Waals surface area (Å²) in [5.41, 5.74) is 8.32. The van der Waals surface area contributed by atoms with Crippen LogP contribution in [0, 0.1) is 5.92 Å². The van der Waals surface area contributed by atoms with Gasteiger partial charge in [-0.25, -0.2) is 0 Å². The second kappa shape index (κ2) is 8.05. The molecule has 1 aliphatic carbocycles. The molecule has 0 aromatic heterocycles. The van der Waals surface area contributed by atoms with E-state index in [0.717, 1.165) is 54.6 Å². The number of aliphatic imine (C=N–C) groups is 1. The fraction of sp³-hybridized carbons (Fsp3) is 0.400. The maximum Gasteiger partial charge on any atom is 0.256 e. The SMILES string of the molecule is CCC(C)C1=NC2(CCCC2)C(=O)N1Cc1ccc(-c2ccccc2C(N)=O)cc1. The van der Waals surface area contributed by atoms with Gasteiger partial charge in [-0.05, 0) is 42.0 Å². The molecule has 1 heterocycles. The Bertz CT molecular complexity index is 988. The molecule has 1 atom stereocenters. The Morgan fingerprint density at radius 3 is 2.43 bits per heavy atom. The van der Waals surface area contributed by atoms with Crippen molar-refractivity contribution < 1.29 is 9.59 Å². The highest BCUT2D eigenvalue weighted by molar-refractivity contribution is 6.09. The van der Waals surface area contributed by atoms with Gasteiger partial charge in [0.05, 0.1) is 6.54 Å². The predicted molar refractivity (Wildman–Crippen MR) is 119 cm³/mol. The van der Waals surface area contributed by atoms with Gasteiger partial charge in [0.15, 0.2) is 0 Å². The van der Waals surface area contributed by atoms with Crippen LogP contribution >= 0.6 is 0 Å². The van der Waals surface area contributed by atoms with E-state index in [0.29, 0.717) is 12.1 Å². The van der Waals surface area contributed by atoms with Crippen LogP contribution < -0.4 is 5.73 Å². The first-order valence-corrected chi connectivity index (χ1v) is 10.8. The molecule has 2 aromatic carbocycles. The van der Waals surface area contributed by atoms with Crippen molar-refractivity contribution in [2.45, 2.75) is 58.0 Å². The van der Waals surface area contributed by atoms with Crippen molar-refractivity contribution in [3.05, 3.63) is 59.7 Å². The van der Waals surface area contributed by atoms with Crippen LogP contribution in [0.2, 0.25) is 0 Å². The molecule has 2 aromatic rings. The third kappa shape index (κ3) is 3.53. The summed E-state index contributed by atoms with van der Waals surface area (Å²) in [6, 6.07) is 15.4. The summed E-state index contributed by atoms with van der Waals surface area (Å²) in [5, 5.41) is 0. The lowest BCUT2D eigenvalue weighted by atomic mass is 9.97. The van der Waals surface area contributed by atoms with Gasteiger partial charge in [-0.3, -0.25) is 19.5 Å². The van der Waals surface area contributed by atoms with E-state index in [1.165, 1.54) is 0 Å². The van der Waals surface area contributed by atoms with Gasteiger partial charge in [0.1, 0.15) is 11.4 Å². The molecule has 1 aliphatic heterocycles. The second-order valence-electron chi connectivity index (χ2n) is 8.52. The van der Waals surface area contributed by atoms with Crippen molar-refractivity contribution in [2.24, 2.45) is 16.6 Å². The number of hydrogen-bond donors (Lipinski definition) is 1. The summed E-state index contributed by atoms with van der Waals surface area (Å²) >= 11 is 0. The third-order valence-electron chi connectivity index (χ3n) is 6.53. The number of amides is 2. The molecule has 0 radical (unpaired) electrons. The van der Waals surface area contributed by atoms with Crippen LogP contribution in [0.1, 0.15) is 61.9 Å². The number of nitrogens with zero attached hydrogens (tertiary/aromatic N) is 2. The molecule has 1 saturated carbocycles. The fourth-order valence-corrected chi connectivity index (χ4v) is 4.60. The highest BCUT2D eigenvalue weighted by atomic mass is 16.2. The van der Waals surface area contributed by atoms with E-state index in [2.05, 4.69) is 13.8 Å². The van der Waals surface area contributed by atoms with Gasteiger partial charge < -0.3 is 5.73 Å². The number of carbonyl (C=O) groups excluding carboxylic acids is 2. The number of amidine groups is 1. The molecule has 2 amide bonds. The smallest absolute Gasteiger partial charge is 0.256 e. The van der Waals surface area contributed by atoms with Crippen LogP contribution in [-0.2, 0) is 11.3 Å². The van der Waals surface area contributed by atoms with Gasteiger partial charge in [-0.1, -0.05) is 69.2 Å². The quantitative estimate of drug-likeness (QED) is 0.768. The van der Waals surface area contributed by atoms with Crippen molar-refractivity contribution in [2.75, 3.05) is 0 Å². The normalized spacial score (nSPS) is 18.7.